The maximum atomic E-state index is 13.9. The molecule has 178 valence electrons. The van der Waals surface area contributed by atoms with Crippen LogP contribution < -0.4 is 16.1 Å². The van der Waals surface area contributed by atoms with Gasteiger partial charge in [0.25, 0.3) is 11.5 Å². The van der Waals surface area contributed by atoms with E-state index >= 15 is 0 Å². The summed E-state index contributed by atoms with van der Waals surface area (Å²) >= 11 is 1.43. The van der Waals surface area contributed by atoms with E-state index in [1.165, 1.54) is 33.8 Å². The molecule has 0 N–H and O–H groups in total. The van der Waals surface area contributed by atoms with E-state index in [-0.39, 0.29) is 29.5 Å². The normalized spacial score (nSPS) is 11.6. The zero-order chi connectivity index (χ0) is 24.9. The van der Waals surface area contributed by atoms with Crippen molar-refractivity contribution in [2.75, 3.05) is 4.90 Å². The monoisotopic (exact) mass is 488 g/mol. The molecule has 10 heteroatoms. The van der Waals surface area contributed by atoms with Gasteiger partial charge in [0, 0.05) is 14.1 Å². The van der Waals surface area contributed by atoms with Crippen molar-refractivity contribution < 1.29 is 4.79 Å². The third-order valence-corrected chi connectivity index (χ3v) is 7.07. The molecular weight excluding hydrogens is 464 g/mol. The van der Waals surface area contributed by atoms with Gasteiger partial charge in [0.1, 0.15) is 6.54 Å². The zero-order valence-electron chi connectivity index (χ0n) is 19.8. The van der Waals surface area contributed by atoms with Gasteiger partial charge in [-0.3, -0.25) is 23.6 Å². The number of aryl methyl sites for hydroxylation is 1. The molecule has 9 nitrogen and oxygen atoms in total. The summed E-state index contributed by atoms with van der Waals surface area (Å²) in [5, 5.41) is 0.550. The van der Waals surface area contributed by atoms with E-state index in [0.717, 1.165) is 26.0 Å². The molecule has 0 aliphatic heterocycles. The third-order valence-electron chi connectivity index (χ3n) is 6.05. The van der Waals surface area contributed by atoms with Crippen LogP contribution in [0.5, 0.6) is 0 Å². The number of imidazole rings is 1. The smallest absolute Gasteiger partial charge is 0.315 e. The molecule has 0 fully saturated rings. The maximum Gasteiger partial charge on any atom is 0.332 e. The molecule has 5 aromatic rings. The predicted octanol–water partition coefficient (Wildman–Crippen LogP) is 3.53. The SMILES string of the molecule is CC(C)c1ccccc1N(C(=O)Cn1cnc2c1c(=O)n(C)c(=O)n2C)c1nc2ccccc2s1. The highest BCUT2D eigenvalue weighted by atomic mass is 32.1. The van der Waals surface area contributed by atoms with Gasteiger partial charge in [-0.1, -0.05) is 55.5 Å². The van der Waals surface area contributed by atoms with Crippen molar-refractivity contribution in [1.82, 2.24) is 23.7 Å². The lowest BCUT2D eigenvalue weighted by Crippen LogP contribution is -2.38. The summed E-state index contributed by atoms with van der Waals surface area (Å²) in [7, 11) is 2.96. The molecule has 0 saturated carbocycles. The second kappa shape index (κ2) is 8.62. The van der Waals surface area contributed by atoms with Crippen molar-refractivity contribution in [3.63, 3.8) is 0 Å². The largest absolute Gasteiger partial charge is 0.332 e. The Kier molecular flexibility index (Phi) is 5.60. The van der Waals surface area contributed by atoms with Crippen molar-refractivity contribution >= 4 is 49.4 Å². The van der Waals surface area contributed by atoms with Gasteiger partial charge in [-0.25, -0.2) is 14.8 Å². The third kappa shape index (κ3) is 3.75. The second-order valence-electron chi connectivity index (χ2n) is 8.66. The first kappa shape index (κ1) is 22.7. The highest BCUT2D eigenvalue weighted by molar-refractivity contribution is 7.22. The summed E-state index contributed by atoms with van der Waals surface area (Å²) in [4.78, 5) is 49.7. The van der Waals surface area contributed by atoms with Crippen LogP contribution in [0.25, 0.3) is 21.4 Å². The van der Waals surface area contributed by atoms with Crippen molar-refractivity contribution in [2.45, 2.75) is 26.3 Å². The summed E-state index contributed by atoms with van der Waals surface area (Å²) < 4.78 is 4.79. The highest BCUT2D eigenvalue weighted by Gasteiger charge is 2.26. The summed E-state index contributed by atoms with van der Waals surface area (Å²) in [5.41, 5.74) is 2.03. The standard InChI is InChI=1S/C25H24N6O3S/c1-15(2)16-9-5-7-11-18(16)31(24-27-17-10-6-8-12-19(17)35-24)20(32)13-30-14-26-22-21(30)23(33)29(4)25(34)28(22)3/h5-12,14-15H,13H2,1-4H3. The quantitative estimate of drug-likeness (QED) is 0.377. The van der Waals surface area contributed by atoms with Gasteiger partial charge in [0.05, 0.1) is 22.2 Å². The van der Waals surface area contributed by atoms with Crippen molar-refractivity contribution in [1.29, 1.82) is 0 Å². The Morgan fingerprint density at radius 2 is 1.74 bits per heavy atom. The van der Waals surface area contributed by atoms with E-state index < -0.39 is 11.2 Å². The number of hydrogen-bond acceptors (Lipinski definition) is 6. The minimum atomic E-state index is -0.498. The van der Waals surface area contributed by atoms with Crippen LogP contribution in [0.3, 0.4) is 0 Å². The first-order valence-corrected chi connectivity index (χ1v) is 12.0. The maximum absolute atomic E-state index is 13.9. The van der Waals surface area contributed by atoms with Gasteiger partial charge in [-0.2, -0.15) is 0 Å². The van der Waals surface area contributed by atoms with Crippen molar-refractivity contribution in [2.24, 2.45) is 14.1 Å². The van der Waals surface area contributed by atoms with Crippen LogP contribution in [0.1, 0.15) is 25.3 Å². The lowest BCUT2D eigenvalue weighted by atomic mass is 10.0. The van der Waals surface area contributed by atoms with Crippen LogP contribution in [-0.2, 0) is 25.4 Å². The second-order valence-corrected chi connectivity index (χ2v) is 9.67. The molecule has 0 spiro atoms. The predicted molar refractivity (Wildman–Crippen MR) is 138 cm³/mol. The fraction of sp³-hybridized carbons (Fsp3) is 0.240. The molecule has 1 amide bonds. The van der Waals surface area contributed by atoms with E-state index in [2.05, 4.69) is 18.8 Å². The number of carbonyl (C=O) groups is 1. The zero-order valence-corrected chi connectivity index (χ0v) is 20.6. The molecule has 0 saturated heterocycles. The number of fused-ring (bicyclic) bond motifs is 2. The van der Waals surface area contributed by atoms with E-state index in [9.17, 15) is 14.4 Å². The number of aromatic nitrogens is 5. The fourth-order valence-corrected chi connectivity index (χ4v) is 5.21. The summed E-state index contributed by atoms with van der Waals surface area (Å²) in [6.45, 7) is 4.01. The first-order chi connectivity index (χ1) is 16.8. The number of hydrogen-bond donors (Lipinski definition) is 0. The fourth-order valence-electron chi connectivity index (χ4n) is 4.21. The van der Waals surface area contributed by atoms with E-state index in [4.69, 9.17) is 4.98 Å². The summed E-state index contributed by atoms with van der Waals surface area (Å²) in [5.74, 6) is -0.0980. The Balaban J connectivity index is 1.66. The number of carbonyl (C=O) groups excluding carboxylic acids is 1. The van der Waals surface area contributed by atoms with Gasteiger partial charge < -0.3 is 4.57 Å². The number of para-hydroxylation sites is 2. The molecule has 2 aromatic carbocycles. The highest BCUT2D eigenvalue weighted by Crippen LogP contribution is 2.37. The number of thiazole rings is 1. The molecule has 3 aromatic heterocycles. The van der Waals surface area contributed by atoms with Crippen molar-refractivity contribution in [3.8, 4) is 0 Å². The minimum absolute atomic E-state index is 0.147. The Labute approximate surface area is 204 Å². The Bertz CT molecular complexity index is 1680. The molecule has 35 heavy (non-hydrogen) atoms. The van der Waals surface area contributed by atoms with Gasteiger partial charge in [-0.15, -0.1) is 0 Å². The summed E-state index contributed by atoms with van der Waals surface area (Å²) in [6.07, 6.45) is 1.42. The van der Waals surface area contributed by atoms with E-state index in [0.29, 0.717) is 5.13 Å². The molecule has 3 heterocycles. The number of rotatable bonds is 5. The lowest BCUT2D eigenvalue weighted by Gasteiger charge is -2.24. The van der Waals surface area contributed by atoms with Gasteiger partial charge >= 0.3 is 5.69 Å². The minimum Gasteiger partial charge on any atom is -0.315 e. The molecule has 0 radical (unpaired) electrons. The average molecular weight is 489 g/mol. The van der Waals surface area contributed by atoms with Crippen molar-refractivity contribution in [3.05, 3.63) is 81.3 Å². The number of anilines is 2. The molecule has 0 unspecified atom stereocenters. The lowest BCUT2D eigenvalue weighted by molar-refractivity contribution is -0.118. The van der Waals surface area contributed by atoms with E-state index in [1.54, 1.807) is 11.9 Å². The van der Waals surface area contributed by atoms with E-state index in [1.807, 2.05) is 48.5 Å². The van der Waals surface area contributed by atoms with Crippen LogP contribution in [-0.4, -0.2) is 29.6 Å². The van der Waals surface area contributed by atoms with Crippen LogP contribution in [0, 0.1) is 0 Å². The number of amides is 1. The number of nitrogens with zero attached hydrogens (tertiary/aromatic N) is 6. The van der Waals surface area contributed by atoms with Gasteiger partial charge in [0.15, 0.2) is 16.3 Å². The Morgan fingerprint density at radius 1 is 1.03 bits per heavy atom. The molecule has 0 aliphatic carbocycles. The van der Waals surface area contributed by atoms with Crippen LogP contribution in [0.15, 0.2) is 64.4 Å². The van der Waals surface area contributed by atoms with Crippen LogP contribution in [0.4, 0.5) is 10.8 Å². The summed E-state index contributed by atoms with van der Waals surface area (Å²) in [6, 6.07) is 15.5. The number of benzene rings is 2. The molecule has 0 atom stereocenters. The Hall–Kier alpha value is -4.05. The van der Waals surface area contributed by atoms with Crippen LogP contribution in [0.2, 0.25) is 0 Å². The van der Waals surface area contributed by atoms with Gasteiger partial charge in [0.2, 0.25) is 0 Å². The molecular formula is C25H24N6O3S. The van der Waals surface area contributed by atoms with Crippen LogP contribution >= 0.6 is 11.3 Å². The average Bonchev–Trinajstić information content (AvgIpc) is 3.46. The topological polar surface area (TPSA) is 95.0 Å². The first-order valence-electron chi connectivity index (χ1n) is 11.2. The molecule has 0 aliphatic rings. The van der Waals surface area contributed by atoms with Gasteiger partial charge in [-0.05, 0) is 29.7 Å². The molecule has 5 rings (SSSR count). The Morgan fingerprint density at radius 3 is 2.49 bits per heavy atom. The molecule has 0 bridgehead atoms.